The van der Waals surface area contributed by atoms with Crippen LogP contribution in [0.25, 0.3) is 11.3 Å². The molecule has 1 aromatic carbocycles. The number of hydrogen-bond donors (Lipinski definition) is 1. The Morgan fingerprint density at radius 3 is 2.18 bits per heavy atom. The first-order valence-corrected chi connectivity index (χ1v) is 4.88. The molecule has 4 heteroatoms. The molecule has 80 valence electrons. The van der Waals surface area contributed by atoms with Crippen molar-refractivity contribution >= 4 is 0 Å². The Kier molecular flexibility index (Phi) is 2.72. The van der Waals surface area contributed by atoms with Gasteiger partial charge >= 0.3 is 0 Å². The fraction of sp³-hybridized carbons (Fsp3) is 0. The Bertz CT molecular complexity index is 684. The molecule has 0 spiro atoms. The highest BCUT2D eigenvalue weighted by Gasteiger charge is 2.02. The van der Waals surface area contributed by atoms with Crippen molar-refractivity contribution in [3.8, 4) is 23.4 Å². The second-order valence-electron chi connectivity index (χ2n) is 3.42. The van der Waals surface area contributed by atoms with Crippen LogP contribution in [0.1, 0.15) is 11.1 Å². The summed E-state index contributed by atoms with van der Waals surface area (Å²) in [4.78, 5) is 14.1. The van der Waals surface area contributed by atoms with Gasteiger partial charge in [-0.3, -0.25) is 4.79 Å². The van der Waals surface area contributed by atoms with Crippen molar-refractivity contribution in [3.63, 3.8) is 0 Å². The smallest absolute Gasteiger partial charge is 0.266 e. The van der Waals surface area contributed by atoms with Crippen molar-refractivity contribution in [2.24, 2.45) is 0 Å². The fourth-order valence-electron chi connectivity index (χ4n) is 1.45. The molecule has 0 aliphatic rings. The van der Waals surface area contributed by atoms with Crippen molar-refractivity contribution < 1.29 is 0 Å². The van der Waals surface area contributed by atoms with E-state index in [-0.39, 0.29) is 5.56 Å². The number of nitrogens with one attached hydrogen (secondary N) is 1. The van der Waals surface area contributed by atoms with Gasteiger partial charge in [0.05, 0.1) is 11.6 Å². The van der Waals surface area contributed by atoms with Crippen LogP contribution < -0.4 is 5.56 Å². The van der Waals surface area contributed by atoms with Crippen LogP contribution in [0.3, 0.4) is 0 Å². The lowest BCUT2D eigenvalue weighted by Crippen LogP contribution is -2.09. The third kappa shape index (κ3) is 2.06. The first-order valence-electron chi connectivity index (χ1n) is 4.88. The number of rotatable bonds is 1. The summed E-state index contributed by atoms with van der Waals surface area (Å²) in [6.07, 6.45) is 0. The van der Waals surface area contributed by atoms with E-state index in [2.05, 4.69) is 4.98 Å². The monoisotopic (exact) mass is 221 g/mol. The van der Waals surface area contributed by atoms with Crippen LogP contribution in [0.4, 0.5) is 0 Å². The van der Waals surface area contributed by atoms with Gasteiger partial charge in [0.1, 0.15) is 11.6 Å². The van der Waals surface area contributed by atoms with Crippen molar-refractivity contribution in [1.82, 2.24) is 4.98 Å². The summed E-state index contributed by atoms with van der Waals surface area (Å²) in [5, 5.41) is 17.3. The summed E-state index contributed by atoms with van der Waals surface area (Å²) >= 11 is 0. The summed E-state index contributed by atoms with van der Waals surface area (Å²) in [6, 6.07) is 13.8. The Hall–Kier alpha value is -2.85. The predicted molar refractivity (Wildman–Crippen MR) is 61.9 cm³/mol. The minimum atomic E-state index is -0.408. The third-order valence-electron chi connectivity index (χ3n) is 2.35. The number of pyridine rings is 1. The second-order valence-corrected chi connectivity index (χ2v) is 3.42. The number of aromatic amines is 1. The van der Waals surface area contributed by atoms with Crippen LogP contribution in [0, 0.1) is 22.7 Å². The van der Waals surface area contributed by atoms with Gasteiger partial charge in [-0.1, -0.05) is 12.1 Å². The fourth-order valence-corrected chi connectivity index (χ4v) is 1.45. The highest BCUT2D eigenvalue weighted by Crippen LogP contribution is 2.16. The average molecular weight is 221 g/mol. The van der Waals surface area contributed by atoms with Crippen molar-refractivity contribution in [3.05, 3.63) is 57.9 Å². The summed E-state index contributed by atoms with van der Waals surface area (Å²) < 4.78 is 0. The molecular formula is C13H7N3O. The Morgan fingerprint density at radius 1 is 0.941 bits per heavy atom. The third-order valence-corrected chi connectivity index (χ3v) is 2.35. The van der Waals surface area contributed by atoms with Gasteiger partial charge in [0.2, 0.25) is 0 Å². The molecule has 0 radical (unpaired) electrons. The zero-order valence-corrected chi connectivity index (χ0v) is 8.77. The van der Waals surface area contributed by atoms with Gasteiger partial charge in [0.15, 0.2) is 0 Å². The molecule has 0 amide bonds. The summed E-state index contributed by atoms with van der Waals surface area (Å²) in [5.41, 5.74) is 1.66. The largest absolute Gasteiger partial charge is 0.321 e. The maximum absolute atomic E-state index is 11.4. The standard InChI is InChI=1S/C13H7N3O/c14-7-9-1-3-10(4-2-9)12-6-5-11(8-15)13(17)16-12/h1-6H,(H,16,17). The number of aromatic nitrogens is 1. The van der Waals surface area contributed by atoms with Crippen molar-refractivity contribution in [2.75, 3.05) is 0 Å². The first-order chi connectivity index (χ1) is 8.24. The summed E-state index contributed by atoms with van der Waals surface area (Å²) in [5.74, 6) is 0. The van der Waals surface area contributed by atoms with E-state index in [4.69, 9.17) is 10.5 Å². The average Bonchev–Trinajstić information content (AvgIpc) is 2.39. The molecule has 17 heavy (non-hydrogen) atoms. The van der Waals surface area contributed by atoms with Crippen LogP contribution >= 0.6 is 0 Å². The Balaban J connectivity index is 2.48. The SMILES string of the molecule is N#Cc1ccc(-c2ccc(C#N)c(=O)[nH]2)cc1. The lowest BCUT2D eigenvalue weighted by molar-refractivity contribution is 1.22. The molecule has 0 bridgehead atoms. The lowest BCUT2D eigenvalue weighted by Gasteiger charge is -2.01. The van der Waals surface area contributed by atoms with Gasteiger partial charge in [0.25, 0.3) is 5.56 Å². The molecule has 0 saturated heterocycles. The highest BCUT2D eigenvalue weighted by atomic mass is 16.1. The van der Waals surface area contributed by atoms with Gasteiger partial charge in [0, 0.05) is 5.69 Å². The van der Waals surface area contributed by atoms with Gasteiger partial charge < -0.3 is 4.98 Å². The molecule has 0 unspecified atom stereocenters. The molecule has 2 aromatic rings. The molecule has 0 saturated carbocycles. The second kappa shape index (κ2) is 4.34. The van der Waals surface area contributed by atoms with E-state index in [1.165, 1.54) is 6.07 Å². The Morgan fingerprint density at radius 2 is 1.65 bits per heavy atom. The van der Waals surface area contributed by atoms with Crippen LogP contribution in [0.2, 0.25) is 0 Å². The van der Waals surface area contributed by atoms with E-state index in [9.17, 15) is 4.79 Å². The summed E-state index contributed by atoms with van der Waals surface area (Å²) in [7, 11) is 0. The molecule has 1 aromatic heterocycles. The van der Waals surface area contributed by atoms with Crippen molar-refractivity contribution in [2.45, 2.75) is 0 Å². The first kappa shape index (κ1) is 10.7. The van der Waals surface area contributed by atoms with E-state index in [0.29, 0.717) is 11.3 Å². The highest BCUT2D eigenvalue weighted by molar-refractivity contribution is 5.60. The van der Waals surface area contributed by atoms with Crippen LogP contribution in [-0.2, 0) is 0 Å². The number of hydrogen-bond acceptors (Lipinski definition) is 3. The minimum Gasteiger partial charge on any atom is -0.321 e. The van der Waals surface area contributed by atoms with E-state index in [0.717, 1.165) is 5.56 Å². The molecule has 0 aliphatic carbocycles. The molecule has 1 heterocycles. The predicted octanol–water partition coefficient (Wildman–Crippen LogP) is 1.79. The van der Waals surface area contributed by atoms with Gasteiger partial charge in [-0.25, -0.2) is 0 Å². The molecule has 0 aliphatic heterocycles. The molecule has 4 nitrogen and oxygen atoms in total. The van der Waals surface area contributed by atoms with Gasteiger partial charge in [-0.05, 0) is 29.8 Å². The number of benzene rings is 1. The van der Waals surface area contributed by atoms with E-state index in [1.807, 2.05) is 6.07 Å². The maximum atomic E-state index is 11.4. The van der Waals surface area contributed by atoms with Crippen molar-refractivity contribution in [1.29, 1.82) is 10.5 Å². The van der Waals surface area contributed by atoms with Crippen LogP contribution in [0.5, 0.6) is 0 Å². The van der Waals surface area contributed by atoms with E-state index in [1.54, 1.807) is 36.4 Å². The zero-order valence-electron chi connectivity index (χ0n) is 8.77. The molecule has 0 fully saturated rings. The quantitative estimate of drug-likeness (QED) is 0.797. The van der Waals surface area contributed by atoms with E-state index < -0.39 is 5.56 Å². The molecular weight excluding hydrogens is 214 g/mol. The number of nitrogens with zero attached hydrogens (tertiary/aromatic N) is 2. The number of H-pyrrole nitrogens is 1. The van der Waals surface area contributed by atoms with Gasteiger partial charge in [-0.15, -0.1) is 0 Å². The zero-order chi connectivity index (χ0) is 12.3. The minimum absolute atomic E-state index is 0.0856. The van der Waals surface area contributed by atoms with Crippen LogP contribution in [-0.4, -0.2) is 4.98 Å². The Labute approximate surface area is 97.4 Å². The molecule has 2 rings (SSSR count). The lowest BCUT2D eigenvalue weighted by atomic mass is 10.1. The number of nitriles is 2. The normalized spacial score (nSPS) is 9.29. The summed E-state index contributed by atoms with van der Waals surface area (Å²) in [6.45, 7) is 0. The topological polar surface area (TPSA) is 80.4 Å². The maximum Gasteiger partial charge on any atom is 0.266 e. The molecule has 0 atom stereocenters. The molecule has 1 N–H and O–H groups in total. The van der Waals surface area contributed by atoms with Crippen LogP contribution in [0.15, 0.2) is 41.2 Å². The van der Waals surface area contributed by atoms with E-state index >= 15 is 0 Å². The van der Waals surface area contributed by atoms with Gasteiger partial charge in [-0.2, -0.15) is 10.5 Å².